The molecule has 0 fully saturated rings. The molecule has 0 aliphatic carbocycles. The van der Waals surface area contributed by atoms with Crippen molar-refractivity contribution in [3.63, 3.8) is 0 Å². The highest BCUT2D eigenvalue weighted by Crippen LogP contribution is 2.21. The van der Waals surface area contributed by atoms with Gasteiger partial charge in [0.15, 0.2) is 0 Å². The van der Waals surface area contributed by atoms with E-state index in [2.05, 4.69) is 0 Å². The van der Waals surface area contributed by atoms with Gasteiger partial charge in [-0.25, -0.2) is 0 Å². The van der Waals surface area contributed by atoms with Gasteiger partial charge in [0.2, 0.25) is 0 Å². The molecule has 4 heteroatoms. The lowest BCUT2D eigenvalue weighted by Gasteiger charge is -2.07. The van der Waals surface area contributed by atoms with Gasteiger partial charge in [0.1, 0.15) is 0 Å². The van der Waals surface area contributed by atoms with E-state index in [-0.39, 0.29) is 11.8 Å². The van der Waals surface area contributed by atoms with Crippen LogP contribution in [0.1, 0.15) is 6.42 Å². The Bertz CT molecular complexity index is 276. The van der Waals surface area contributed by atoms with E-state index in [9.17, 15) is 4.79 Å². The number of hydrogen-bond donors (Lipinski definition) is 2. The molecule has 0 spiro atoms. The van der Waals surface area contributed by atoms with Crippen LogP contribution in [0.3, 0.4) is 0 Å². The molecule has 0 aliphatic heterocycles. The maximum atomic E-state index is 10.3. The molecule has 0 saturated heterocycles. The van der Waals surface area contributed by atoms with E-state index in [4.69, 9.17) is 10.8 Å². The summed E-state index contributed by atoms with van der Waals surface area (Å²) in [5, 5.41) is 8.09. The van der Waals surface area contributed by atoms with Crippen LogP contribution in [-0.4, -0.2) is 16.4 Å². The second kappa shape index (κ2) is 4.89. The molecule has 0 radical (unpaired) electrons. The van der Waals surface area contributed by atoms with Crippen molar-refractivity contribution in [1.29, 1.82) is 0 Å². The van der Waals surface area contributed by atoms with Gasteiger partial charge < -0.3 is 10.8 Å². The first-order valence-electron chi connectivity index (χ1n) is 3.87. The first-order valence-corrected chi connectivity index (χ1v) is 4.75. The number of benzene rings is 1. The van der Waals surface area contributed by atoms with Crippen molar-refractivity contribution in [2.24, 2.45) is 5.73 Å². The van der Waals surface area contributed by atoms with E-state index >= 15 is 0 Å². The van der Waals surface area contributed by atoms with E-state index in [1.165, 1.54) is 11.8 Å². The van der Waals surface area contributed by atoms with Crippen LogP contribution in [0.4, 0.5) is 0 Å². The summed E-state index contributed by atoms with van der Waals surface area (Å²) in [5.41, 5.74) is 5.59. The summed E-state index contributed by atoms with van der Waals surface area (Å²) in [6.07, 6.45) is -0.0143. The number of hydrogen-bond acceptors (Lipinski definition) is 3. The third-order valence-corrected chi connectivity index (χ3v) is 2.42. The van der Waals surface area contributed by atoms with Crippen LogP contribution in [0.15, 0.2) is 35.2 Å². The third kappa shape index (κ3) is 3.96. The fraction of sp³-hybridized carbons (Fsp3) is 0.222. The van der Waals surface area contributed by atoms with Crippen molar-refractivity contribution in [2.45, 2.75) is 16.7 Å². The lowest BCUT2D eigenvalue weighted by molar-refractivity contribution is -0.136. The lowest BCUT2D eigenvalue weighted by atomic mass is 10.4. The summed E-state index contributed by atoms with van der Waals surface area (Å²) >= 11 is 1.37. The zero-order valence-electron chi connectivity index (χ0n) is 7.01. The van der Waals surface area contributed by atoms with Crippen molar-refractivity contribution in [2.75, 3.05) is 0 Å². The second-order valence-corrected chi connectivity index (χ2v) is 3.88. The highest BCUT2D eigenvalue weighted by Gasteiger charge is 2.08. The van der Waals surface area contributed by atoms with Gasteiger partial charge in [-0.3, -0.25) is 4.79 Å². The molecule has 1 unspecified atom stereocenters. The summed E-state index contributed by atoms with van der Waals surface area (Å²) in [5.74, 6) is -0.865. The number of rotatable bonds is 4. The van der Waals surface area contributed by atoms with Crippen LogP contribution in [0, 0.1) is 0 Å². The molecule has 0 aliphatic rings. The Morgan fingerprint density at radius 2 is 2.08 bits per heavy atom. The number of carbonyl (C=O) groups is 1. The van der Waals surface area contributed by atoms with Crippen molar-refractivity contribution in [3.05, 3.63) is 30.3 Å². The molecule has 0 aromatic heterocycles. The number of carboxylic acids is 1. The van der Waals surface area contributed by atoms with Gasteiger partial charge in [0.25, 0.3) is 0 Å². The van der Waals surface area contributed by atoms with Crippen LogP contribution < -0.4 is 5.73 Å². The van der Waals surface area contributed by atoms with E-state index in [1.54, 1.807) is 0 Å². The second-order valence-electron chi connectivity index (χ2n) is 2.57. The zero-order valence-corrected chi connectivity index (χ0v) is 7.83. The van der Waals surface area contributed by atoms with Crippen LogP contribution in [0.2, 0.25) is 0 Å². The molecule has 0 bridgehead atoms. The minimum atomic E-state index is -0.865. The van der Waals surface area contributed by atoms with Gasteiger partial charge in [0.05, 0.1) is 11.8 Å². The fourth-order valence-electron chi connectivity index (χ4n) is 0.888. The molecular weight excluding hydrogens is 186 g/mol. The van der Waals surface area contributed by atoms with E-state index < -0.39 is 5.97 Å². The first-order chi connectivity index (χ1) is 6.18. The standard InChI is InChI=1S/C9H11NO2S/c10-8(6-9(11)12)13-7-4-2-1-3-5-7/h1-5,8H,6,10H2,(H,11,12). The monoisotopic (exact) mass is 197 g/mol. The highest BCUT2D eigenvalue weighted by molar-refractivity contribution is 7.99. The fourth-order valence-corrected chi connectivity index (χ4v) is 1.78. The zero-order chi connectivity index (χ0) is 9.68. The van der Waals surface area contributed by atoms with E-state index in [0.29, 0.717) is 0 Å². The number of carboxylic acid groups (broad SMARTS) is 1. The molecule has 70 valence electrons. The molecule has 1 atom stereocenters. The SMILES string of the molecule is NC(CC(=O)O)Sc1ccccc1. The Balaban J connectivity index is 2.45. The summed E-state index contributed by atoms with van der Waals surface area (Å²) in [6, 6.07) is 9.52. The number of aliphatic carboxylic acids is 1. The lowest BCUT2D eigenvalue weighted by Crippen LogP contribution is -2.19. The van der Waals surface area contributed by atoms with Gasteiger partial charge in [-0.1, -0.05) is 18.2 Å². The summed E-state index contributed by atoms with van der Waals surface area (Å²) < 4.78 is 0. The highest BCUT2D eigenvalue weighted by atomic mass is 32.2. The predicted octanol–water partition coefficient (Wildman–Crippen LogP) is 1.54. The third-order valence-electron chi connectivity index (χ3n) is 1.41. The topological polar surface area (TPSA) is 63.3 Å². The maximum absolute atomic E-state index is 10.3. The van der Waals surface area contributed by atoms with Crippen LogP contribution in [0.5, 0.6) is 0 Å². The number of nitrogens with two attached hydrogens (primary N) is 1. The van der Waals surface area contributed by atoms with E-state index in [1.807, 2.05) is 30.3 Å². The van der Waals surface area contributed by atoms with Crippen LogP contribution in [0.25, 0.3) is 0 Å². The van der Waals surface area contributed by atoms with E-state index in [0.717, 1.165) is 4.90 Å². The molecule has 0 saturated carbocycles. The molecule has 1 rings (SSSR count). The van der Waals surface area contributed by atoms with Crippen LogP contribution in [-0.2, 0) is 4.79 Å². The Morgan fingerprint density at radius 3 is 2.62 bits per heavy atom. The Hall–Kier alpha value is -1.00. The largest absolute Gasteiger partial charge is 0.481 e. The van der Waals surface area contributed by atoms with Gasteiger partial charge >= 0.3 is 5.97 Å². The van der Waals surface area contributed by atoms with Gasteiger partial charge in [-0.05, 0) is 12.1 Å². The molecule has 0 heterocycles. The van der Waals surface area contributed by atoms with Crippen molar-refractivity contribution in [3.8, 4) is 0 Å². The van der Waals surface area contributed by atoms with Gasteiger partial charge in [-0.15, -0.1) is 11.8 Å². The van der Waals surface area contributed by atoms with Crippen molar-refractivity contribution in [1.82, 2.24) is 0 Å². The molecule has 13 heavy (non-hydrogen) atoms. The smallest absolute Gasteiger partial charge is 0.305 e. The minimum absolute atomic E-state index is 0.0143. The Kier molecular flexibility index (Phi) is 3.79. The summed E-state index contributed by atoms with van der Waals surface area (Å²) in [4.78, 5) is 11.3. The van der Waals surface area contributed by atoms with Gasteiger partial charge in [-0.2, -0.15) is 0 Å². The molecule has 0 amide bonds. The minimum Gasteiger partial charge on any atom is -0.481 e. The van der Waals surface area contributed by atoms with Crippen LogP contribution >= 0.6 is 11.8 Å². The van der Waals surface area contributed by atoms with Gasteiger partial charge in [0, 0.05) is 4.90 Å². The predicted molar refractivity (Wildman–Crippen MR) is 52.5 cm³/mol. The Labute approximate surface area is 80.9 Å². The maximum Gasteiger partial charge on any atom is 0.305 e. The summed E-state index contributed by atoms with van der Waals surface area (Å²) in [6.45, 7) is 0. The van der Waals surface area contributed by atoms with Crippen molar-refractivity contribution >= 4 is 17.7 Å². The first kappa shape index (κ1) is 10.1. The normalized spacial score (nSPS) is 12.4. The summed E-state index contributed by atoms with van der Waals surface area (Å²) in [7, 11) is 0. The average Bonchev–Trinajstić information content (AvgIpc) is 2.04. The average molecular weight is 197 g/mol. The molecule has 1 aromatic carbocycles. The molecular formula is C9H11NO2S. The quantitative estimate of drug-likeness (QED) is 0.567. The number of thioether (sulfide) groups is 1. The molecule has 3 N–H and O–H groups in total. The Morgan fingerprint density at radius 1 is 1.46 bits per heavy atom. The molecule has 1 aromatic rings. The van der Waals surface area contributed by atoms with Crippen molar-refractivity contribution < 1.29 is 9.90 Å². The molecule has 3 nitrogen and oxygen atoms in total.